The number of hydrogen-bond donors (Lipinski definition) is 1. The molecule has 0 aliphatic carbocycles. The minimum atomic E-state index is -0.248. The maximum atomic E-state index is 12.4. The van der Waals surface area contributed by atoms with E-state index in [1.54, 1.807) is 6.21 Å². The minimum Gasteiger partial charge on any atom is -0.493 e. The van der Waals surface area contributed by atoms with Crippen molar-refractivity contribution >= 4 is 23.0 Å². The van der Waals surface area contributed by atoms with E-state index in [-0.39, 0.29) is 5.91 Å². The second-order valence-electron chi connectivity index (χ2n) is 5.73. The summed E-state index contributed by atoms with van der Waals surface area (Å²) >= 11 is 0. The maximum Gasteiger partial charge on any atom is 0.287 e. The summed E-state index contributed by atoms with van der Waals surface area (Å²) in [6.45, 7) is 2.70. The summed E-state index contributed by atoms with van der Waals surface area (Å²) in [5.74, 6) is 0.508. The summed E-state index contributed by atoms with van der Waals surface area (Å²) < 4.78 is 7.54. The van der Waals surface area contributed by atoms with Crippen LogP contribution in [0.4, 0.5) is 0 Å². The number of ether oxygens (including phenoxy) is 1. The quantitative estimate of drug-likeness (QED) is 0.551. The number of fused-ring (bicyclic) bond motifs is 1. The maximum absolute atomic E-state index is 12.4. The van der Waals surface area contributed by atoms with Crippen LogP contribution in [-0.2, 0) is 7.05 Å². The lowest BCUT2D eigenvalue weighted by atomic mass is 10.2. The molecule has 128 valence electrons. The van der Waals surface area contributed by atoms with Gasteiger partial charge in [0.15, 0.2) is 0 Å². The molecular weight excluding hydrogens is 314 g/mol. The Balaban J connectivity index is 1.73. The largest absolute Gasteiger partial charge is 0.493 e. The van der Waals surface area contributed by atoms with Crippen molar-refractivity contribution in [2.45, 2.75) is 13.3 Å². The first-order valence-electron chi connectivity index (χ1n) is 8.30. The monoisotopic (exact) mass is 335 g/mol. The number of aryl methyl sites for hydroxylation is 1. The highest BCUT2D eigenvalue weighted by molar-refractivity contribution is 5.99. The van der Waals surface area contributed by atoms with Gasteiger partial charge in [0.1, 0.15) is 11.4 Å². The van der Waals surface area contributed by atoms with Gasteiger partial charge in [-0.15, -0.1) is 0 Å². The van der Waals surface area contributed by atoms with E-state index in [0.717, 1.165) is 28.6 Å². The highest BCUT2D eigenvalue weighted by Crippen LogP contribution is 2.18. The number of hydrogen-bond acceptors (Lipinski definition) is 3. The second-order valence-corrected chi connectivity index (χ2v) is 5.73. The molecule has 3 rings (SSSR count). The number of nitrogens with zero attached hydrogens (tertiary/aromatic N) is 2. The number of nitrogens with one attached hydrogen (secondary N) is 1. The minimum absolute atomic E-state index is 0.248. The van der Waals surface area contributed by atoms with Crippen molar-refractivity contribution in [3.63, 3.8) is 0 Å². The number of carbonyl (C=O) groups is 1. The zero-order valence-electron chi connectivity index (χ0n) is 14.4. The predicted octanol–water partition coefficient (Wildman–Crippen LogP) is 3.73. The molecule has 0 saturated carbocycles. The number of aromatic nitrogens is 1. The van der Waals surface area contributed by atoms with Gasteiger partial charge in [-0.2, -0.15) is 5.10 Å². The topological polar surface area (TPSA) is 55.6 Å². The molecule has 0 aliphatic heterocycles. The molecule has 0 bridgehead atoms. The highest BCUT2D eigenvalue weighted by Gasteiger charge is 2.12. The van der Waals surface area contributed by atoms with E-state index in [2.05, 4.69) is 17.5 Å². The number of hydrazone groups is 1. The molecule has 25 heavy (non-hydrogen) atoms. The van der Waals surface area contributed by atoms with Crippen molar-refractivity contribution in [1.82, 2.24) is 9.99 Å². The van der Waals surface area contributed by atoms with Crippen LogP contribution in [0.2, 0.25) is 0 Å². The van der Waals surface area contributed by atoms with Crippen LogP contribution in [0.5, 0.6) is 5.75 Å². The van der Waals surface area contributed by atoms with Gasteiger partial charge in [-0.25, -0.2) is 5.43 Å². The van der Waals surface area contributed by atoms with Crippen molar-refractivity contribution in [2.75, 3.05) is 6.61 Å². The first-order valence-corrected chi connectivity index (χ1v) is 8.30. The van der Waals surface area contributed by atoms with Gasteiger partial charge in [-0.3, -0.25) is 4.79 Å². The first-order chi connectivity index (χ1) is 12.2. The van der Waals surface area contributed by atoms with E-state index in [0.29, 0.717) is 12.3 Å². The van der Waals surface area contributed by atoms with E-state index >= 15 is 0 Å². The average molecular weight is 335 g/mol. The molecule has 1 N–H and O–H groups in total. The van der Waals surface area contributed by atoms with Gasteiger partial charge in [0, 0.05) is 23.5 Å². The molecule has 0 radical (unpaired) electrons. The van der Waals surface area contributed by atoms with Gasteiger partial charge in [-0.05, 0) is 30.7 Å². The van der Waals surface area contributed by atoms with Crippen LogP contribution in [0.1, 0.15) is 29.4 Å². The molecule has 0 unspecified atom stereocenters. The van der Waals surface area contributed by atoms with Crippen LogP contribution < -0.4 is 10.2 Å². The summed E-state index contributed by atoms with van der Waals surface area (Å²) in [6, 6.07) is 17.3. The molecule has 0 spiro atoms. The Bertz CT molecular complexity index is 912. The number of carbonyl (C=O) groups excluding carboxylic acids is 1. The Morgan fingerprint density at radius 3 is 2.76 bits per heavy atom. The Morgan fingerprint density at radius 1 is 1.20 bits per heavy atom. The van der Waals surface area contributed by atoms with Crippen LogP contribution in [0.15, 0.2) is 59.7 Å². The average Bonchev–Trinajstić information content (AvgIpc) is 2.98. The van der Waals surface area contributed by atoms with Crippen LogP contribution in [0, 0.1) is 0 Å². The fraction of sp³-hybridized carbons (Fsp3) is 0.200. The zero-order chi connectivity index (χ0) is 17.6. The highest BCUT2D eigenvalue weighted by atomic mass is 16.5. The van der Waals surface area contributed by atoms with Crippen LogP contribution in [0.25, 0.3) is 10.9 Å². The number of amides is 1. The molecule has 1 aromatic heterocycles. The Kier molecular flexibility index (Phi) is 5.14. The van der Waals surface area contributed by atoms with E-state index in [4.69, 9.17) is 4.74 Å². The SMILES string of the molecule is CCCOc1ccccc1/C=N/NC(=O)c1cc2ccccc2n1C. The fourth-order valence-electron chi connectivity index (χ4n) is 2.66. The number of benzene rings is 2. The van der Waals surface area contributed by atoms with Gasteiger partial charge in [0.2, 0.25) is 0 Å². The van der Waals surface area contributed by atoms with Crippen LogP contribution in [-0.4, -0.2) is 23.3 Å². The molecule has 0 aliphatic rings. The lowest BCUT2D eigenvalue weighted by molar-refractivity contribution is 0.0947. The first kappa shape index (κ1) is 16.8. The Hall–Kier alpha value is -3.08. The molecule has 5 nitrogen and oxygen atoms in total. The lowest BCUT2D eigenvalue weighted by Gasteiger charge is -2.07. The molecule has 0 saturated heterocycles. The van der Waals surface area contributed by atoms with Crippen molar-refractivity contribution in [2.24, 2.45) is 12.1 Å². The van der Waals surface area contributed by atoms with Crippen molar-refractivity contribution in [1.29, 1.82) is 0 Å². The molecule has 2 aromatic carbocycles. The zero-order valence-corrected chi connectivity index (χ0v) is 14.4. The van der Waals surface area contributed by atoms with Gasteiger partial charge in [-0.1, -0.05) is 37.3 Å². The van der Waals surface area contributed by atoms with Crippen molar-refractivity contribution in [3.8, 4) is 5.75 Å². The lowest BCUT2D eigenvalue weighted by Crippen LogP contribution is -2.20. The van der Waals surface area contributed by atoms with E-state index in [9.17, 15) is 4.79 Å². The van der Waals surface area contributed by atoms with Crippen molar-refractivity contribution in [3.05, 3.63) is 65.9 Å². The van der Waals surface area contributed by atoms with Gasteiger partial charge >= 0.3 is 0 Å². The summed E-state index contributed by atoms with van der Waals surface area (Å²) in [6.07, 6.45) is 2.54. The third-order valence-electron chi connectivity index (χ3n) is 3.93. The molecule has 0 fully saturated rings. The molecule has 5 heteroatoms. The summed E-state index contributed by atoms with van der Waals surface area (Å²) in [4.78, 5) is 12.4. The molecule has 1 heterocycles. The van der Waals surface area contributed by atoms with Crippen LogP contribution >= 0.6 is 0 Å². The number of para-hydroxylation sites is 2. The summed E-state index contributed by atoms with van der Waals surface area (Å²) in [7, 11) is 1.87. The van der Waals surface area contributed by atoms with E-state index in [1.165, 1.54) is 0 Å². The standard InChI is InChI=1S/C20H21N3O2/c1-3-12-25-19-11-7-5-9-16(19)14-21-22-20(24)18-13-15-8-4-6-10-17(15)23(18)2/h4-11,13-14H,3,12H2,1-2H3,(H,22,24)/b21-14+. The van der Waals surface area contributed by atoms with Gasteiger partial charge in [0.05, 0.1) is 12.8 Å². The second kappa shape index (κ2) is 7.66. The third kappa shape index (κ3) is 3.71. The smallest absolute Gasteiger partial charge is 0.287 e. The number of rotatable bonds is 6. The van der Waals surface area contributed by atoms with E-state index in [1.807, 2.05) is 66.2 Å². The van der Waals surface area contributed by atoms with Crippen molar-refractivity contribution < 1.29 is 9.53 Å². The Labute approximate surface area is 146 Å². The molecular formula is C20H21N3O2. The molecule has 3 aromatic rings. The molecule has 1 amide bonds. The third-order valence-corrected chi connectivity index (χ3v) is 3.93. The predicted molar refractivity (Wildman–Crippen MR) is 100 cm³/mol. The normalized spacial score (nSPS) is 11.1. The van der Waals surface area contributed by atoms with Crippen LogP contribution in [0.3, 0.4) is 0 Å². The summed E-state index contributed by atoms with van der Waals surface area (Å²) in [5, 5.41) is 5.11. The fourth-order valence-corrected chi connectivity index (χ4v) is 2.66. The van der Waals surface area contributed by atoms with E-state index < -0.39 is 0 Å². The van der Waals surface area contributed by atoms with Gasteiger partial charge < -0.3 is 9.30 Å². The molecule has 0 atom stereocenters. The Morgan fingerprint density at radius 2 is 1.96 bits per heavy atom. The summed E-state index contributed by atoms with van der Waals surface area (Å²) in [5.41, 5.74) is 4.99. The van der Waals surface area contributed by atoms with Gasteiger partial charge in [0.25, 0.3) is 5.91 Å².